The second-order valence-corrected chi connectivity index (χ2v) is 7.75. The topological polar surface area (TPSA) is 66.9 Å². The molecule has 2 amide bonds. The molecule has 152 valence electrons. The molecule has 7 heteroatoms. The zero-order chi connectivity index (χ0) is 20.8. The van der Waals surface area contributed by atoms with Gasteiger partial charge in [0, 0.05) is 37.1 Å². The highest BCUT2D eigenvalue weighted by Crippen LogP contribution is 2.22. The highest BCUT2D eigenvalue weighted by Gasteiger charge is 2.22. The van der Waals surface area contributed by atoms with Gasteiger partial charge in [-0.1, -0.05) is 18.2 Å². The molecule has 1 aliphatic heterocycles. The fourth-order valence-electron chi connectivity index (χ4n) is 3.14. The summed E-state index contributed by atoms with van der Waals surface area (Å²) in [5.41, 5.74) is 2.01. The Morgan fingerprint density at radius 1 is 1.17 bits per heavy atom. The van der Waals surface area contributed by atoms with Crippen LogP contribution in [0.15, 0.2) is 53.4 Å². The average molecular weight is 413 g/mol. The van der Waals surface area contributed by atoms with Crippen molar-refractivity contribution in [2.75, 3.05) is 31.4 Å². The number of hydrogen-bond donors (Lipinski definition) is 0. The number of hydrogen-bond acceptors (Lipinski definition) is 5. The molecule has 0 saturated carbocycles. The molecule has 0 spiro atoms. The predicted molar refractivity (Wildman–Crippen MR) is 113 cm³/mol. The van der Waals surface area contributed by atoms with Gasteiger partial charge in [0.15, 0.2) is 6.61 Å². The number of anilines is 1. The van der Waals surface area contributed by atoms with E-state index in [9.17, 15) is 14.4 Å². The Morgan fingerprint density at radius 2 is 1.93 bits per heavy atom. The summed E-state index contributed by atoms with van der Waals surface area (Å²) in [6.07, 6.45) is 3.35. The molecule has 3 rings (SSSR count). The summed E-state index contributed by atoms with van der Waals surface area (Å²) in [5, 5.41) is 0. The minimum atomic E-state index is -0.579. The zero-order valence-electron chi connectivity index (χ0n) is 16.6. The first-order valence-corrected chi connectivity index (χ1v) is 10.6. The molecule has 0 bridgehead atoms. The molecule has 0 radical (unpaired) electrons. The Kier molecular flexibility index (Phi) is 6.93. The first-order valence-electron chi connectivity index (χ1n) is 9.42. The monoisotopic (exact) mass is 412 g/mol. The van der Waals surface area contributed by atoms with Crippen molar-refractivity contribution in [3.8, 4) is 0 Å². The lowest BCUT2D eigenvalue weighted by Gasteiger charge is -2.18. The molecular weight excluding hydrogens is 388 g/mol. The number of ether oxygens (including phenoxy) is 1. The van der Waals surface area contributed by atoms with Crippen LogP contribution in [0.2, 0.25) is 0 Å². The van der Waals surface area contributed by atoms with Gasteiger partial charge in [-0.2, -0.15) is 0 Å². The Hall–Kier alpha value is -2.80. The number of thioether (sulfide) groups is 1. The van der Waals surface area contributed by atoms with Gasteiger partial charge in [0.05, 0.1) is 5.56 Å². The number of carbonyl (C=O) groups is 3. The number of benzene rings is 2. The van der Waals surface area contributed by atoms with Crippen molar-refractivity contribution >= 4 is 35.2 Å². The largest absolute Gasteiger partial charge is 0.452 e. The Labute approximate surface area is 174 Å². The van der Waals surface area contributed by atoms with Crippen LogP contribution in [-0.2, 0) is 20.9 Å². The van der Waals surface area contributed by atoms with Crippen LogP contribution in [0, 0.1) is 0 Å². The van der Waals surface area contributed by atoms with Gasteiger partial charge in [-0.15, -0.1) is 11.8 Å². The van der Waals surface area contributed by atoms with Gasteiger partial charge in [-0.3, -0.25) is 9.59 Å². The van der Waals surface area contributed by atoms with E-state index in [1.807, 2.05) is 30.5 Å². The van der Waals surface area contributed by atoms with Crippen LogP contribution in [0.3, 0.4) is 0 Å². The summed E-state index contributed by atoms with van der Waals surface area (Å²) in [4.78, 5) is 40.9. The van der Waals surface area contributed by atoms with E-state index in [1.165, 1.54) is 4.90 Å². The van der Waals surface area contributed by atoms with E-state index < -0.39 is 5.97 Å². The van der Waals surface area contributed by atoms with Crippen LogP contribution in [0.1, 0.15) is 28.8 Å². The molecule has 2 aromatic carbocycles. The van der Waals surface area contributed by atoms with E-state index in [0.29, 0.717) is 30.8 Å². The summed E-state index contributed by atoms with van der Waals surface area (Å²) in [7, 11) is 1.68. The van der Waals surface area contributed by atoms with Crippen LogP contribution < -0.4 is 4.90 Å². The zero-order valence-corrected chi connectivity index (χ0v) is 17.4. The standard InChI is InChI=1S/C22H24N2O4S/c1-23(14-16-8-10-19(29-2)11-9-16)21(26)15-28-22(27)17-5-3-6-18(13-17)24-12-4-7-20(24)25/h3,5-6,8-11,13H,4,7,12,14-15H2,1-2H3. The van der Waals surface area contributed by atoms with Crippen LogP contribution in [0.25, 0.3) is 0 Å². The van der Waals surface area contributed by atoms with E-state index >= 15 is 0 Å². The second kappa shape index (κ2) is 9.60. The lowest BCUT2D eigenvalue weighted by molar-refractivity contribution is -0.133. The Morgan fingerprint density at radius 3 is 2.59 bits per heavy atom. The molecule has 1 heterocycles. The maximum Gasteiger partial charge on any atom is 0.338 e. The maximum absolute atomic E-state index is 12.4. The van der Waals surface area contributed by atoms with Crippen molar-refractivity contribution in [3.05, 3.63) is 59.7 Å². The van der Waals surface area contributed by atoms with Crippen LogP contribution in [-0.4, -0.2) is 49.1 Å². The number of esters is 1. The van der Waals surface area contributed by atoms with E-state index in [2.05, 4.69) is 0 Å². The fraction of sp³-hybridized carbons (Fsp3) is 0.318. The summed E-state index contributed by atoms with van der Waals surface area (Å²) in [6.45, 7) is 0.765. The first-order chi connectivity index (χ1) is 14.0. The number of nitrogens with zero attached hydrogens (tertiary/aromatic N) is 2. The molecule has 0 aliphatic carbocycles. The molecule has 0 unspecified atom stereocenters. The third-order valence-corrected chi connectivity index (χ3v) is 5.54. The molecule has 6 nitrogen and oxygen atoms in total. The quantitative estimate of drug-likeness (QED) is 0.515. The predicted octanol–water partition coefficient (Wildman–Crippen LogP) is 3.35. The summed E-state index contributed by atoms with van der Waals surface area (Å²) < 4.78 is 5.19. The molecule has 1 fully saturated rings. The lowest BCUT2D eigenvalue weighted by Crippen LogP contribution is -2.30. The molecule has 29 heavy (non-hydrogen) atoms. The average Bonchev–Trinajstić information content (AvgIpc) is 3.18. The van der Waals surface area contributed by atoms with Crippen molar-refractivity contribution in [2.45, 2.75) is 24.3 Å². The molecule has 1 saturated heterocycles. The summed E-state index contributed by atoms with van der Waals surface area (Å²) >= 11 is 1.66. The highest BCUT2D eigenvalue weighted by atomic mass is 32.2. The number of carbonyl (C=O) groups excluding carboxylic acids is 3. The number of likely N-dealkylation sites (N-methyl/N-ethyl adjacent to an activating group) is 1. The number of amides is 2. The van der Waals surface area contributed by atoms with E-state index in [0.717, 1.165) is 16.9 Å². The van der Waals surface area contributed by atoms with Crippen LogP contribution in [0.4, 0.5) is 5.69 Å². The molecule has 0 atom stereocenters. The van der Waals surface area contributed by atoms with E-state index in [-0.39, 0.29) is 18.4 Å². The molecule has 1 aliphatic rings. The van der Waals surface area contributed by atoms with Gasteiger partial charge in [-0.25, -0.2) is 4.79 Å². The van der Waals surface area contributed by atoms with Crippen molar-refractivity contribution in [3.63, 3.8) is 0 Å². The molecule has 2 aromatic rings. The third-order valence-electron chi connectivity index (χ3n) is 4.80. The SMILES string of the molecule is CSc1ccc(CN(C)C(=O)COC(=O)c2cccc(N3CCCC3=O)c2)cc1. The van der Waals surface area contributed by atoms with Crippen molar-refractivity contribution in [2.24, 2.45) is 0 Å². The van der Waals surface area contributed by atoms with Gasteiger partial charge in [0.25, 0.3) is 5.91 Å². The van der Waals surface area contributed by atoms with Crippen LogP contribution >= 0.6 is 11.8 Å². The first kappa shape index (κ1) is 20.9. The second-order valence-electron chi connectivity index (χ2n) is 6.87. The molecular formula is C22H24N2O4S. The van der Waals surface area contributed by atoms with Gasteiger partial charge < -0.3 is 14.5 Å². The van der Waals surface area contributed by atoms with Crippen molar-refractivity contribution in [1.82, 2.24) is 4.90 Å². The van der Waals surface area contributed by atoms with Gasteiger partial charge in [-0.05, 0) is 48.6 Å². The number of rotatable bonds is 7. The molecule has 0 N–H and O–H groups in total. The molecule has 0 aromatic heterocycles. The summed E-state index contributed by atoms with van der Waals surface area (Å²) in [6, 6.07) is 14.7. The normalized spacial score (nSPS) is 13.4. The van der Waals surface area contributed by atoms with E-state index in [1.54, 1.807) is 48.0 Å². The third kappa shape index (κ3) is 5.38. The Bertz CT molecular complexity index is 898. The summed E-state index contributed by atoms with van der Waals surface area (Å²) in [5.74, 6) is -0.805. The highest BCUT2D eigenvalue weighted by molar-refractivity contribution is 7.98. The lowest BCUT2D eigenvalue weighted by atomic mass is 10.2. The van der Waals surface area contributed by atoms with Gasteiger partial charge in [0.2, 0.25) is 5.91 Å². The van der Waals surface area contributed by atoms with Gasteiger partial charge >= 0.3 is 5.97 Å². The van der Waals surface area contributed by atoms with Crippen molar-refractivity contribution < 1.29 is 19.1 Å². The fourth-order valence-corrected chi connectivity index (χ4v) is 3.54. The maximum atomic E-state index is 12.4. The van der Waals surface area contributed by atoms with Crippen LogP contribution in [0.5, 0.6) is 0 Å². The smallest absolute Gasteiger partial charge is 0.338 e. The Balaban J connectivity index is 1.54. The van der Waals surface area contributed by atoms with Crippen molar-refractivity contribution in [1.29, 1.82) is 0 Å². The minimum Gasteiger partial charge on any atom is -0.452 e. The van der Waals surface area contributed by atoms with E-state index in [4.69, 9.17) is 4.74 Å². The minimum absolute atomic E-state index is 0.0536. The van der Waals surface area contributed by atoms with Gasteiger partial charge in [0.1, 0.15) is 0 Å².